The summed E-state index contributed by atoms with van der Waals surface area (Å²) >= 11 is 0. The van der Waals surface area contributed by atoms with Crippen molar-refractivity contribution < 1.29 is 19.4 Å². The summed E-state index contributed by atoms with van der Waals surface area (Å²) in [5.41, 5.74) is 0. The number of carboxylic acid groups (broad SMARTS) is 1. The Morgan fingerprint density at radius 3 is 2.05 bits per heavy atom. The molecule has 0 unspecified atom stereocenters. The van der Waals surface area contributed by atoms with Gasteiger partial charge in [-0.25, -0.2) is 9.59 Å². The SMILES string of the molecule is C=CC#N.C=CC=C.CCCCOC(=O)/C=C/C(=O)O. The van der Waals surface area contributed by atoms with Crippen LogP contribution in [0.1, 0.15) is 19.8 Å². The van der Waals surface area contributed by atoms with Crippen molar-refractivity contribution >= 4 is 11.9 Å². The molecule has 0 aliphatic carbocycles. The van der Waals surface area contributed by atoms with Crippen LogP contribution in [0.5, 0.6) is 0 Å². The highest BCUT2D eigenvalue weighted by Crippen LogP contribution is 1.89. The van der Waals surface area contributed by atoms with Crippen molar-refractivity contribution in [2.24, 2.45) is 0 Å². The first kappa shape index (κ1) is 22.6. The molecule has 0 spiro atoms. The highest BCUT2D eigenvalue weighted by molar-refractivity contribution is 5.90. The minimum atomic E-state index is -1.15. The summed E-state index contributed by atoms with van der Waals surface area (Å²) in [5.74, 6) is -1.76. The quantitative estimate of drug-likeness (QED) is 0.265. The van der Waals surface area contributed by atoms with Gasteiger partial charge in [0.15, 0.2) is 0 Å². The number of allylic oxidation sites excluding steroid dienone is 3. The minimum Gasteiger partial charge on any atom is -0.478 e. The first-order valence-corrected chi connectivity index (χ1v) is 5.81. The van der Waals surface area contributed by atoms with Gasteiger partial charge in [0.1, 0.15) is 0 Å². The van der Waals surface area contributed by atoms with Crippen molar-refractivity contribution in [3.8, 4) is 6.07 Å². The highest BCUT2D eigenvalue weighted by Gasteiger charge is 1.96. The zero-order valence-corrected chi connectivity index (χ0v) is 11.7. The number of nitrogens with zero attached hydrogens (tertiary/aromatic N) is 1. The molecule has 0 atom stereocenters. The second kappa shape index (κ2) is 21.7. The fourth-order valence-electron chi connectivity index (χ4n) is 0.505. The van der Waals surface area contributed by atoms with Gasteiger partial charge in [-0.2, -0.15) is 5.26 Å². The Morgan fingerprint density at radius 1 is 1.25 bits per heavy atom. The monoisotopic (exact) mass is 279 g/mol. The van der Waals surface area contributed by atoms with Gasteiger partial charge in [-0.05, 0) is 6.42 Å². The predicted octanol–water partition coefficient (Wildman–Crippen LogP) is 3.02. The molecule has 0 saturated heterocycles. The van der Waals surface area contributed by atoms with Gasteiger partial charge in [0.05, 0.1) is 12.7 Å². The maximum atomic E-state index is 10.6. The van der Waals surface area contributed by atoms with Gasteiger partial charge in [-0.15, -0.1) is 0 Å². The Labute approximate surface area is 120 Å². The van der Waals surface area contributed by atoms with E-state index in [-0.39, 0.29) is 0 Å². The van der Waals surface area contributed by atoms with Crippen molar-refractivity contribution in [1.82, 2.24) is 0 Å². The maximum absolute atomic E-state index is 10.6. The fourth-order valence-corrected chi connectivity index (χ4v) is 0.505. The number of hydrogen-bond donors (Lipinski definition) is 1. The van der Waals surface area contributed by atoms with Crippen LogP contribution in [0.15, 0.2) is 50.1 Å². The lowest BCUT2D eigenvalue weighted by Gasteiger charge is -1.97. The molecule has 0 fully saturated rings. The number of carboxylic acids is 1. The van der Waals surface area contributed by atoms with Crippen molar-refractivity contribution in [2.75, 3.05) is 6.61 Å². The summed E-state index contributed by atoms with van der Waals surface area (Å²) < 4.78 is 4.64. The molecular formula is C15H21NO4. The molecule has 0 aliphatic heterocycles. The van der Waals surface area contributed by atoms with E-state index in [1.54, 1.807) is 18.2 Å². The second-order valence-corrected chi connectivity index (χ2v) is 3.00. The molecule has 0 aromatic rings. The molecule has 20 heavy (non-hydrogen) atoms. The molecule has 0 radical (unpaired) electrons. The fraction of sp³-hybridized carbons (Fsp3) is 0.267. The van der Waals surface area contributed by atoms with Gasteiger partial charge in [0.2, 0.25) is 0 Å². The molecule has 0 bridgehead atoms. The standard InChI is InChI=1S/C8H12O4.C4H6.C3H3N/c1-2-3-6-12-8(11)5-4-7(9)10;1-3-4-2;1-2-3-4/h4-5H,2-3,6H2,1H3,(H,9,10);3-4H,1-2H2;2H,1H2/b5-4+;;. The van der Waals surface area contributed by atoms with Crippen LogP contribution in [0.25, 0.3) is 0 Å². The number of aliphatic carboxylic acids is 1. The summed E-state index contributed by atoms with van der Waals surface area (Å²) in [6.45, 7) is 12.2. The third-order valence-corrected chi connectivity index (χ3v) is 1.36. The smallest absolute Gasteiger partial charge is 0.331 e. The van der Waals surface area contributed by atoms with Crippen molar-refractivity contribution in [3.63, 3.8) is 0 Å². The molecule has 0 aliphatic rings. The molecule has 0 aromatic heterocycles. The van der Waals surface area contributed by atoms with E-state index in [2.05, 4.69) is 24.5 Å². The van der Waals surface area contributed by atoms with Crippen LogP contribution in [0.2, 0.25) is 0 Å². The van der Waals surface area contributed by atoms with Gasteiger partial charge in [0.25, 0.3) is 0 Å². The lowest BCUT2D eigenvalue weighted by molar-refractivity contribution is -0.138. The van der Waals surface area contributed by atoms with E-state index in [9.17, 15) is 9.59 Å². The van der Waals surface area contributed by atoms with Gasteiger partial charge < -0.3 is 9.84 Å². The van der Waals surface area contributed by atoms with Crippen LogP contribution in [0.4, 0.5) is 0 Å². The zero-order valence-electron chi connectivity index (χ0n) is 11.7. The number of ether oxygens (including phenoxy) is 1. The summed E-state index contributed by atoms with van der Waals surface area (Å²) in [6, 6.07) is 1.69. The average molecular weight is 279 g/mol. The molecule has 5 heteroatoms. The summed E-state index contributed by atoms with van der Waals surface area (Å²) in [7, 11) is 0. The third-order valence-electron chi connectivity index (χ3n) is 1.36. The Hall–Kier alpha value is -2.61. The molecule has 110 valence electrons. The first-order valence-electron chi connectivity index (χ1n) is 5.81. The van der Waals surface area contributed by atoms with E-state index in [0.717, 1.165) is 25.0 Å². The Kier molecular flexibility index (Phi) is 24.4. The number of carbonyl (C=O) groups excluding carboxylic acids is 1. The van der Waals surface area contributed by atoms with Crippen LogP contribution >= 0.6 is 0 Å². The Bertz CT molecular complexity index is 359. The lowest BCUT2D eigenvalue weighted by Crippen LogP contribution is -2.02. The van der Waals surface area contributed by atoms with Crippen LogP contribution in [0, 0.1) is 11.3 Å². The Balaban J connectivity index is -0.000000297. The second-order valence-electron chi connectivity index (χ2n) is 3.00. The molecular weight excluding hydrogens is 258 g/mol. The number of hydrogen-bond acceptors (Lipinski definition) is 4. The van der Waals surface area contributed by atoms with Gasteiger partial charge in [-0.3, -0.25) is 0 Å². The number of unbranched alkanes of at least 4 members (excludes halogenated alkanes) is 1. The van der Waals surface area contributed by atoms with Crippen LogP contribution in [-0.2, 0) is 14.3 Å². The van der Waals surface area contributed by atoms with E-state index >= 15 is 0 Å². The maximum Gasteiger partial charge on any atom is 0.331 e. The van der Waals surface area contributed by atoms with E-state index in [0.29, 0.717) is 6.61 Å². The first-order chi connectivity index (χ1) is 9.49. The minimum absolute atomic E-state index is 0.347. The molecule has 0 rings (SSSR count). The van der Waals surface area contributed by atoms with Crippen LogP contribution < -0.4 is 0 Å². The van der Waals surface area contributed by atoms with Gasteiger partial charge in [-0.1, -0.05) is 45.2 Å². The van der Waals surface area contributed by atoms with E-state index < -0.39 is 11.9 Å². The molecule has 0 aromatic carbocycles. The highest BCUT2D eigenvalue weighted by atomic mass is 16.5. The van der Waals surface area contributed by atoms with E-state index in [1.165, 1.54) is 6.08 Å². The normalized spacial score (nSPS) is 7.80. The molecule has 0 amide bonds. The molecule has 5 nitrogen and oxygen atoms in total. The number of rotatable bonds is 6. The summed E-state index contributed by atoms with van der Waals surface area (Å²) in [6.07, 6.45) is 7.86. The lowest BCUT2D eigenvalue weighted by atomic mass is 10.4. The van der Waals surface area contributed by atoms with Gasteiger partial charge >= 0.3 is 11.9 Å². The molecule has 0 heterocycles. The van der Waals surface area contributed by atoms with Gasteiger partial charge in [0, 0.05) is 18.2 Å². The Morgan fingerprint density at radius 2 is 1.75 bits per heavy atom. The number of esters is 1. The van der Waals surface area contributed by atoms with E-state index in [4.69, 9.17) is 10.4 Å². The summed E-state index contributed by atoms with van der Waals surface area (Å²) in [4.78, 5) is 20.6. The summed E-state index contributed by atoms with van der Waals surface area (Å²) in [5, 5.41) is 15.6. The molecule has 1 N–H and O–H groups in total. The average Bonchev–Trinajstić information content (AvgIpc) is 2.46. The van der Waals surface area contributed by atoms with Crippen molar-refractivity contribution in [2.45, 2.75) is 19.8 Å². The zero-order chi connectivity index (χ0) is 16.2. The van der Waals surface area contributed by atoms with Crippen LogP contribution in [-0.4, -0.2) is 23.7 Å². The molecule has 0 saturated carbocycles. The predicted molar refractivity (Wildman–Crippen MR) is 78.8 cm³/mol. The number of carbonyl (C=O) groups is 2. The van der Waals surface area contributed by atoms with Crippen LogP contribution in [0.3, 0.4) is 0 Å². The number of nitriles is 1. The topological polar surface area (TPSA) is 87.4 Å². The van der Waals surface area contributed by atoms with Crippen molar-refractivity contribution in [1.29, 1.82) is 5.26 Å². The largest absolute Gasteiger partial charge is 0.478 e. The van der Waals surface area contributed by atoms with E-state index in [1.807, 2.05) is 6.92 Å². The van der Waals surface area contributed by atoms with Crippen molar-refractivity contribution in [3.05, 3.63) is 50.1 Å². The third kappa shape index (κ3) is 36.1.